The fourth-order valence-electron chi connectivity index (χ4n) is 4.69. The smallest absolute Gasteiger partial charge is 0.0900 e. The summed E-state index contributed by atoms with van der Waals surface area (Å²) in [7, 11) is 0. The lowest BCUT2D eigenvalue weighted by Gasteiger charge is -2.22. The molecule has 3 heterocycles. The van der Waals surface area contributed by atoms with Crippen LogP contribution < -0.4 is 10.7 Å². The predicted octanol–water partition coefficient (Wildman–Crippen LogP) is 6.42. The highest BCUT2D eigenvalue weighted by atomic mass is 79.9. The van der Waals surface area contributed by atoms with E-state index in [2.05, 4.69) is 85.4 Å². The first kappa shape index (κ1) is 22.9. The average molecular weight is 540 g/mol. The third kappa shape index (κ3) is 4.52. The second-order valence-electron chi connectivity index (χ2n) is 9.00. The Kier molecular flexibility index (Phi) is 6.25. The van der Waals surface area contributed by atoms with Gasteiger partial charge in [0.05, 0.1) is 50.9 Å². The lowest BCUT2D eigenvalue weighted by atomic mass is 10.1. The van der Waals surface area contributed by atoms with Gasteiger partial charge >= 0.3 is 0 Å². The highest BCUT2D eigenvalue weighted by molar-refractivity contribution is 9.10. The van der Waals surface area contributed by atoms with E-state index in [4.69, 9.17) is 14.7 Å². The molecular formula is C29H26BrN5O. The molecule has 2 aliphatic heterocycles. The van der Waals surface area contributed by atoms with Crippen LogP contribution in [-0.2, 0) is 4.74 Å². The van der Waals surface area contributed by atoms with E-state index in [1.807, 2.05) is 31.3 Å². The first-order chi connectivity index (χ1) is 17.7. The summed E-state index contributed by atoms with van der Waals surface area (Å²) in [6.07, 6.45) is 3.65. The number of ether oxygens (including phenoxy) is 1. The molecule has 0 bridgehead atoms. The number of benzene rings is 3. The minimum absolute atomic E-state index is 0.223. The molecule has 1 N–H and O–H groups in total. The van der Waals surface area contributed by atoms with Crippen molar-refractivity contribution in [2.24, 2.45) is 4.99 Å². The summed E-state index contributed by atoms with van der Waals surface area (Å²) in [5.74, 6) is 0. The van der Waals surface area contributed by atoms with Crippen LogP contribution in [0.1, 0.15) is 18.5 Å². The number of para-hydroxylation sites is 2. The van der Waals surface area contributed by atoms with Gasteiger partial charge in [0.15, 0.2) is 0 Å². The molecule has 0 atom stereocenters. The van der Waals surface area contributed by atoms with E-state index in [1.165, 1.54) is 0 Å². The number of pyridine rings is 1. The van der Waals surface area contributed by atoms with Crippen LogP contribution in [0.3, 0.4) is 0 Å². The van der Waals surface area contributed by atoms with Crippen molar-refractivity contribution < 1.29 is 4.74 Å². The van der Waals surface area contributed by atoms with Crippen molar-refractivity contribution >= 4 is 38.3 Å². The number of halogens is 1. The van der Waals surface area contributed by atoms with Crippen molar-refractivity contribution in [3.8, 4) is 17.1 Å². The zero-order valence-electron chi connectivity index (χ0n) is 20.0. The first-order valence-corrected chi connectivity index (χ1v) is 13.0. The van der Waals surface area contributed by atoms with Crippen molar-refractivity contribution in [3.05, 3.63) is 94.5 Å². The number of hydrogen-bond donors (Lipinski definition) is 1. The zero-order chi connectivity index (χ0) is 24.5. The molecule has 36 heavy (non-hydrogen) atoms. The van der Waals surface area contributed by atoms with Crippen molar-refractivity contribution in [1.82, 2.24) is 14.5 Å². The maximum atomic E-state index is 5.58. The molecule has 7 heteroatoms. The molecule has 180 valence electrons. The molecule has 0 saturated carbocycles. The molecule has 0 amide bonds. The van der Waals surface area contributed by atoms with Crippen molar-refractivity contribution in [2.45, 2.75) is 25.8 Å². The Balaban J connectivity index is 1.63. The molecular weight excluding hydrogens is 514 g/mol. The SMILES string of the molecule is Cc1ncccc1Nc1cc2nc3ccccc3n(-c3ccc(Br)cc3)c-2c/c1=N\C1CCOCC1. The van der Waals surface area contributed by atoms with Gasteiger partial charge in [0, 0.05) is 29.6 Å². The van der Waals surface area contributed by atoms with Crippen molar-refractivity contribution in [3.63, 3.8) is 0 Å². The van der Waals surface area contributed by atoms with Gasteiger partial charge in [0.25, 0.3) is 0 Å². The van der Waals surface area contributed by atoms with E-state index >= 15 is 0 Å². The van der Waals surface area contributed by atoms with Gasteiger partial charge in [0.2, 0.25) is 0 Å². The van der Waals surface area contributed by atoms with Crippen LogP contribution in [0.25, 0.3) is 28.1 Å². The normalized spacial score (nSPS) is 15.0. The Labute approximate surface area is 218 Å². The molecule has 3 aliphatic rings. The van der Waals surface area contributed by atoms with Crippen LogP contribution in [0.15, 0.2) is 88.5 Å². The Morgan fingerprint density at radius 1 is 0.972 bits per heavy atom. The van der Waals surface area contributed by atoms with Gasteiger partial charge in [-0.3, -0.25) is 9.98 Å². The average Bonchev–Trinajstić information content (AvgIpc) is 2.90. The zero-order valence-corrected chi connectivity index (χ0v) is 21.6. The van der Waals surface area contributed by atoms with Gasteiger partial charge in [0.1, 0.15) is 0 Å². The van der Waals surface area contributed by atoms with Gasteiger partial charge in [-0.25, -0.2) is 4.98 Å². The number of nitrogens with zero attached hydrogens (tertiary/aromatic N) is 4. The molecule has 1 fully saturated rings. The summed E-state index contributed by atoms with van der Waals surface area (Å²) in [6.45, 7) is 3.50. The van der Waals surface area contributed by atoms with Crippen LogP contribution in [0.4, 0.5) is 11.4 Å². The summed E-state index contributed by atoms with van der Waals surface area (Å²) in [5.41, 5.74) is 7.78. The summed E-state index contributed by atoms with van der Waals surface area (Å²) >= 11 is 3.57. The van der Waals surface area contributed by atoms with Crippen LogP contribution in [-0.4, -0.2) is 33.8 Å². The summed E-state index contributed by atoms with van der Waals surface area (Å²) in [6, 6.07) is 25.1. The number of fused-ring (bicyclic) bond motifs is 2. The Bertz CT molecular complexity index is 1570. The van der Waals surface area contributed by atoms with Crippen molar-refractivity contribution in [1.29, 1.82) is 0 Å². The van der Waals surface area contributed by atoms with E-state index in [0.29, 0.717) is 0 Å². The van der Waals surface area contributed by atoms with E-state index in [1.54, 1.807) is 0 Å². The monoisotopic (exact) mass is 539 g/mol. The van der Waals surface area contributed by atoms with Crippen LogP contribution in [0, 0.1) is 6.92 Å². The minimum atomic E-state index is 0.223. The Hall–Kier alpha value is -3.55. The van der Waals surface area contributed by atoms with E-state index in [9.17, 15) is 0 Å². The summed E-state index contributed by atoms with van der Waals surface area (Å²) in [4.78, 5) is 14.7. The van der Waals surface area contributed by atoms with Gasteiger partial charge < -0.3 is 14.6 Å². The molecule has 6 nitrogen and oxygen atoms in total. The van der Waals surface area contributed by atoms with Gasteiger partial charge in [-0.1, -0.05) is 28.1 Å². The fourth-order valence-corrected chi connectivity index (χ4v) is 4.95. The molecule has 2 aromatic carbocycles. The summed E-state index contributed by atoms with van der Waals surface area (Å²) in [5, 5.41) is 4.51. The molecule has 0 radical (unpaired) electrons. The number of aryl methyl sites for hydroxylation is 1. The van der Waals surface area contributed by atoms with Crippen molar-refractivity contribution in [2.75, 3.05) is 18.5 Å². The number of nitrogens with one attached hydrogen (secondary N) is 1. The standard InChI is InChI=1S/C29H26BrN5O/c1-19-23(6-4-14-31-19)33-25-17-27-29(18-26(25)32-21-12-15-36-16-13-21)35(22-10-8-20(30)9-11-22)28-7-3-2-5-24(28)34-27/h2-11,14,17-18,21,33H,12-13,15-16H2,1H3/b32-26+. The van der Waals surface area contributed by atoms with Crippen LogP contribution >= 0.6 is 15.9 Å². The fraction of sp³-hybridized carbons (Fsp3) is 0.207. The molecule has 3 aromatic rings. The predicted molar refractivity (Wildman–Crippen MR) is 147 cm³/mol. The van der Waals surface area contributed by atoms with E-state index in [-0.39, 0.29) is 6.04 Å². The van der Waals surface area contributed by atoms with Gasteiger partial charge in [-0.15, -0.1) is 0 Å². The highest BCUT2D eigenvalue weighted by Gasteiger charge is 2.18. The maximum Gasteiger partial charge on any atom is 0.0900 e. The summed E-state index contributed by atoms with van der Waals surface area (Å²) < 4.78 is 8.90. The van der Waals surface area contributed by atoms with Gasteiger partial charge in [-0.2, -0.15) is 0 Å². The molecule has 0 unspecified atom stereocenters. The van der Waals surface area contributed by atoms with E-state index < -0.39 is 0 Å². The lowest BCUT2D eigenvalue weighted by molar-refractivity contribution is 0.0864. The number of aromatic nitrogens is 3. The quantitative estimate of drug-likeness (QED) is 0.267. The van der Waals surface area contributed by atoms with Crippen LogP contribution in [0.2, 0.25) is 0 Å². The second kappa shape index (κ2) is 9.84. The number of hydrogen-bond acceptors (Lipinski definition) is 5. The minimum Gasteiger partial charge on any atom is -0.381 e. The topological polar surface area (TPSA) is 64.3 Å². The third-order valence-corrected chi connectivity index (χ3v) is 7.10. The first-order valence-electron chi connectivity index (χ1n) is 12.2. The Morgan fingerprint density at radius 2 is 1.78 bits per heavy atom. The second-order valence-corrected chi connectivity index (χ2v) is 9.92. The largest absolute Gasteiger partial charge is 0.381 e. The van der Waals surface area contributed by atoms with Crippen LogP contribution in [0.5, 0.6) is 0 Å². The molecule has 1 saturated heterocycles. The number of anilines is 2. The number of rotatable bonds is 4. The lowest BCUT2D eigenvalue weighted by Crippen LogP contribution is -2.23. The maximum absolute atomic E-state index is 5.58. The molecule has 1 aromatic heterocycles. The molecule has 1 aliphatic carbocycles. The third-order valence-electron chi connectivity index (χ3n) is 6.57. The van der Waals surface area contributed by atoms with E-state index in [0.717, 1.165) is 81.1 Å². The molecule has 0 spiro atoms. The Morgan fingerprint density at radius 3 is 2.58 bits per heavy atom. The molecule has 6 rings (SSSR count). The van der Waals surface area contributed by atoms with Gasteiger partial charge in [-0.05, 0) is 80.4 Å². The highest BCUT2D eigenvalue weighted by Crippen LogP contribution is 2.31.